The molecule has 2 rings (SSSR count). The Balaban J connectivity index is 2.42. The van der Waals surface area contributed by atoms with Crippen LogP contribution in [-0.4, -0.2) is 32.7 Å². The average Bonchev–Trinajstić information content (AvgIpc) is 2.57. The zero-order chi connectivity index (χ0) is 19.3. The molecule has 2 aromatic rings. The van der Waals surface area contributed by atoms with Gasteiger partial charge in [0.15, 0.2) is 0 Å². The Morgan fingerprint density at radius 3 is 2.15 bits per heavy atom. The molecule has 8 heteroatoms. The molecule has 0 bridgehead atoms. The second-order valence-electron chi connectivity index (χ2n) is 5.42. The number of carboxylic acid groups (broad SMARTS) is 1. The van der Waals surface area contributed by atoms with E-state index < -0.39 is 16.0 Å². The normalized spacial score (nSPS) is 11.0. The minimum absolute atomic E-state index is 0.0456. The van der Waals surface area contributed by atoms with Crippen molar-refractivity contribution in [3.8, 4) is 11.5 Å². The highest BCUT2D eigenvalue weighted by Gasteiger charge is 2.22. The summed E-state index contributed by atoms with van der Waals surface area (Å²) in [5, 5.41) is 8.92. The second kappa shape index (κ2) is 8.09. The van der Waals surface area contributed by atoms with Crippen molar-refractivity contribution in [3.63, 3.8) is 0 Å². The molecule has 26 heavy (non-hydrogen) atoms. The van der Waals surface area contributed by atoms with Crippen LogP contribution >= 0.6 is 0 Å². The topological polar surface area (TPSA) is 102 Å². The van der Waals surface area contributed by atoms with Crippen molar-refractivity contribution < 1.29 is 27.8 Å². The number of anilines is 1. The van der Waals surface area contributed by atoms with E-state index >= 15 is 0 Å². The Morgan fingerprint density at radius 2 is 1.62 bits per heavy atom. The van der Waals surface area contributed by atoms with E-state index in [4.69, 9.17) is 14.6 Å². The van der Waals surface area contributed by atoms with Crippen molar-refractivity contribution >= 4 is 21.7 Å². The van der Waals surface area contributed by atoms with Gasteiger partial charge in [0, 0.05) is 11.8 Å². The van der Waals surface area contributed by atoms with E-state index in [9.17, 15) is 13.2 Å². The number of hydrogen-bond donors (Lipinski definition) is 2. The summed E-state index contributed by atoms with van der Waals surface area (Å²) in [6.45, 7) is 6.09. The molecule has 0 heterocycles. The van der Waals surface area contributed by atoms with Gasteiger partial charge in [0.25, 0.3) is 10.0 Å². The van der Waals surface area contributed by atoms with Crippen LogP contribution in [0.15, 0.2) is 41.3 Å². The zero-order valence-corrected chi connectivity index (χ0v) is 15.6. The predicted molar refractivity (Wildman–Crippen MR) is 97.7 cm³/mol. The number of carbonyl (C=O) groups is 1. The Hall–Kier alpha value is -2.74. The van der Waals surface area contributed by atoms with Gasteiger partial charge in [0.1, 0.15) is 16.4 Å². The van der Waals surface area contributed by atoms with Crippen LogP contribution in [0.3, 0.4) is 0 Å². The van der Waals surface area contributed by atoms with Crippen molar-refractivity contribution in [2.24, 2.45) is 0 Å². The molecule has 0 aliphatic carbocycles. The van der Waals surface area contributed by atoms with Crippen molar-refractivity contribution in [2.75, 3.05) is 17.9 Å². The van der Waals surface area contributed by atoms with E-state index in [1.165, 1.54) is 30.3 Å². The van der Waals surface area contributed by atoms with Crippen LogP contribution in [0.1, 0.15) is 29.8 Å². The molecular weight excluding hydrogens is 358 g/mol. The van der Waals surface area contributed by atoms with Crippen molar-refractivity contribution in [2.45, 2.75) is 25.7 Å². The zero-order valence-electron chi connectivity index (χ0n) is 14.8. The number of nitrogens with one attached hydrogen (secondary N) is 1. The molecule has 0 unspecified atom stereocenters. The number of benzene rings is 2. The Morgan fingerprint density at radius 1 is 1.04 bits per heavy atom. The first-order valence-corrected chi connectivity index (χ1v) is 9.53. The van der Waals surface area contributed by atoms with Crippen LogP contribution in [0.2, 0.25) is 0 Å². The fraction of sp³-hybridized carbons (Fsp3) is 0.278. The Labute approximate surface area is 152 Å². The van der Waals surface area contributed by atoms with E-state index in [1.54, 1.807) is 13.0 Å². The van der Waals surface area contributed by atoms with Crippen molar-refractivity contribution in [1.82, 2.24) is 0 Å². The monoisotopic (exact) mass is 379 g/mol. The molecule has 7 nitrogen and oxygen atoms in total. The van der Waals surface area contributed by atoms with Gasteiger partial charge >= 0.3 is 5.97 Å². The lowest BCUT2D eigenvalue weighted by Crippen LogP contribution is -2.15. The number of rotatable bonds is 8. The van der Waals surface area contributed by atoms with Gasteiger partial charge in [0.2, 0.25) is 0 Å². The molecule has 2 aromatic carbocycles. The first kappa shape index (κ1) is 19.6. The average molecular weight is 379 g/mol. The van der Waals surface area contributed by atoms with Gasteiger partial charge in [-0.05, 0) is 56.7 Å². The fourth-order valence-corrected chi connectivity index (χ4v) is 3.52. The molecule has 0 aliphatic heterocycles. The van der Waals surface area contributed by atoms with Crippen LogP contribution in [0.4, 0.5) is 5.69 Å². The summed E-state index contributed by atoms with van der Waals surface area (Å²) in [7, 11) is -3.96. The molecule has 2 N–H and O–H groups in total. The Kier molecular flexibility index (Phi) is 6.10. The summed E-state index contributed by atoms with van der Waals surface area (Å²) in [4.78, 5) is 10.9. The number of ether oxygens (including phenoxy) is 2. The lowest BCUT2D eigenvalue weighted by molar-refractivity contribution is 0.0697. The van der Waals surface area contributed by atoms with Crippen molar-refractivity contribution in [1.29, 1.82) is 0 Å². The smallest absolute Gasteiger partial charge is 0.335 e. The van der Waals surface area contributed by atoms with Gasteiger partial charge in [0.05, 0.1) is 18.8 Å². The molecule has 0 atom stereocenters. The lowest BCUT2D eigenvalue weighted by atomic mass is 10.2. The highest BCUT2D eigenvalue weighted by atomic mass is 32.2. The molecule has 0 aliphatic rings. The second-order valence-corrected chi connectivity index (χ2v) is 7.07. The van der Waals surface area contributed by atoms with Crippen LogP contribution in [0.25, 0.3) is 0 Å². The number of aryl methyl sites for hydroxylation is 1. The third-order valence-corrected chi connectivity index (χ3v) is 4.92. The molecule has 0 saturated heterocycles. The Bertz CT molecular complexity index is 891. The summed E-state index contributed by atoms with van der Waals surface area (Å²) >= 11 is 0. The van der Waals surface area contributed by atoms with E-state index in [0.29, 0.717) is 19.0 Å². The number of sulfonamides is 1. The van der Waals surface area contributed by atoms with Crippen LogP contribution in [0, 0.1) is 6.92 Å². The van der Waals surface area contributed by atoms with Gasteiger partial charge in [-0.2, -0.15) is 0 Å². The SMILES string of the molecule is CCOc1cc(S(=O)(=O)Nc2ccc(C(=O)O)cc2)c(OCC)cc1C. The third kappa shape index (κ3) is 4.45. The molecular formula is C18H21NO6S. The molecule has 140 valence electrons. The first-order chi connectivity index (χ1) is 12.3. The predicted octanol–water partition coefficient (Wildman–Crippen LogP) is 3.29. The maximum absolute atomic E-state index is 12.8. The number of carboxylic acids is 1. The van der Waals surface area contributed by atoms with Gasteiger partial charge in [-0.25, -0.2) is 13.2 Å². The maximum atomic E-state index is 12.8. The molecule has 0 spiro atoms. The largest absolute Gasteiger partial charge is 0.494 e. The molecule has 0 aromatic heterocycles. The van der Waals surface area contributed by atoms with Gasteiger partial charge < -0.3 is 14.6 Å². The van der Waals surface area contributed by atoms with E-state index in [0.717, 1.165) is 5.56 Å². The summed E-state index contributed by atoms with van der Waals surface area (Å²) in [5.74, 6) is -0.404. The summed E-state index contributed by atoms with van der Waals surface area (Å²) in [5.41, 5.74) is 1.08. The van der Waals surface area contributed by atoms with E-state index in [2.05, 4.69) is 4.72 Å². The van der Waals surface area contributed by atoms with Crippen LogP contribution in [-0.2, 0) is 10.0 Å². The summed E-state index contributed by atoms with van der Waals surface area (Å²) in [6, 6.07) is 8.47. The lowest BCUT2D eigenvalue weighted by Gasteiger charge is -2.16. The maximum Gasteiger partial charge on any atom is 0.335 e. The number of hydrogen-bond acceptors (Lipinski definition) is 5. The quantitative estimate of drug-likeness (QED) is 0.730. The molecule has 0 amide bonds. The molecule has 0 radical (unpaired) electrons. The van der Waals surface area contributed by atoms with Gasteiger partial charge in [-0.1, -0.05) is 0 Å². The van der Waals surface area contributed by atoms with Crippen LogP contribution in [0.5, 0.6) is 11.5 Å². The van der Waals surface area contributed by atoms with Crippen molar-refractivity contribution in [3.05, 3.63) is 47.5 Å². The fourth-order valence-electron chi connectivity index (χ4n) is 2.32. The summed E-state index contributed by atoms with van der Waals surface area (Å²) < 4.78 is 39.0. The minimum atomic E-state index is -3.96. The third-order valence-electron chi connectivity index (χ3n) is 3.51. The standard InChI is InChI=1S/C18H21NO6S/c1-4-24-15-11-17(16(25-5-2)10-12(15)3)26(22,23)19-14-8-6-13(7-9-14)18(20)21/h6-11,19H,4-5H2,1-3H3,(H,20,21). The van der Waals surface area contributed by atoms with E-state index in [-0.39, 0.29) is 21.9 Å². The first-order valence-electron chi connectivity index (χ1n) is 8.05. The number of aromatic carboxylic acids is 1. The highest BCUT2D eigenvalue weighted by Crippen LogP contribution is 2.33. The minimum Gasteiger partial charge on any atom is -0.494 e. The molecule has 0 fully saturated rings. The van der Waals surface area contributed by atoms with Crippen LogP contribution < -0.4 is 14.2 Å². The highest BCUT2D eigenvalue weighted by molar-refractivity contribution is 7.92. The van der Waals surface area contributed by atoms with Gasteiger partial charge in [-0.15, -0.1) is 0 Å². The van der Waals surface area contributed by atoms with E-state index in [1.807, 2.05) is 13.8 Å². The van der Waals surface area contributed by atoms with Gasteiger partial charge in [-0.3, -0.25) is 4.72 Å². The molecule has 0 saturated carbocycles. The summed E-state index contributed by atoms with van der Waals surface area (Å²) in [6.07, 6.45) is 0.